The van der Waals surface area contributed by atoms with E-state index < -0.39 is 17.3 Å². The van der Waals surface area contributed by atoms with E-state index in [1.165, 1.54) is 46.4 Å². The summed E-state index contributed by atoms with van der Waals surface area (Å²) in [6.45, 7) is 1.47. The van der Waals surface area contributed by atoms with Gasteiger partial charge in [0.15, 0.2) is 5.49 Å². The number of rotatable bonds is 4. The average molecular weight is 555 g/mol. The summed E-state index contributed by atoms with van der Waals surface area (Å²) in [4.78, 5) is 35.9. The van der Waals surface area contributed by atoms with Crippen molar-refractivity contribution in [1.82, 2.24) is 19.1 Å². The third kappa shape index (κ3) is 4.07. The van der Waals surface area contributed by atoms with Gasteiger partial charge in [0.25, 0.3) is 11.5 Å². The smallest absolute Gasteiger partial charge is 0.284 e. The Morgan fingerprint density at radius 2 is 2.05 bits per heavy atom. The molecule has 0 saturated heterocycles. The predicted molar refractivity (Wildman–Crippen MR) is 141 cm³/mol. The zero-order valence-corrected chi connectivity index (χ0v) is 21.4. The Morgan fingerprint density at radius 3 is 2.80 bits per heavy atom. The van der Waals surface area contributed by atoms with E-state index in [9.17, 15) is 19.2 Å². The summed E-state index contributed by atoms with van der Waals surface area (Å²) in [6, 6.07) is 15.9. The van der Waals surface area contributed by atoms with Crippen LogP contribution in [0.25, 0.3) is 27.9 Å². The lowest BCUT2D eigenvalue weighted by Gasteiger charge is -2.12. The van der Waals surface area contributed by atoms with Crippen molar-refractivity contribution in [2.75, 3.05) is 0 Å². The Morgan fingerprint density at radius 1 is 1.20 bits per heavy atom. The molecule has 40 heavy (non-hydrogen) atoms. The van der Waals surface area contributed by atoms with Crippen molar-refractivity contribution in [3.05, 3.63) is 116 Å². The van der Waals surface area contributed by atoms with Gasteiger partial charge in [-0.3, -0.25) is 14.0 Å². The van der Waals surface area contributed by atoms with Crippen LogP contribution in [0.1, 0.15) is 27.4 Å². The number of nitriles is 1. The van der Waals surface area contributed by atoms with Gasteiger partial charge in [0.2, 0.25) is 0 Å². The summed E-state index contributed by atoms with van der Waals surface area (Å²) in [7, 11) is 0. The summed E-state index contributed by atoms with van der Waals surface area (Å²) in [5, 5.41) is 14.1. The number of carbonyl (C=O) groups excluding carboxylic acids is 1. The second-order valence-corrected chi connectivity index (χ2v) is 9.13. The van der Waals surface area contributed by atoms with E-state index in [1.54, 1.807) is 36.5 Å². The van der Waals surface area contributed by atoms with E-state index in [0.29, 0.717) is 11.4 Å². The maximum absolute atomic E-state index is 14.7. The third-order valence-corrected chi connectivity index (χ3v) is 6.60. The molecule has 0 N–H and O–H groups in total. The van der Waals surface area contributed by atoms with Gasteiger partial charge in [0, 0.05) is 6.20 Å². The maximum Gasteiger partial charge on any atom is 0.284 e. The molecule has 196 valence electrons. The fraction of sp³-hybridized carbons (Fsp3) is 0.0714. The number of aryl methyl sites for hydroxylation is 1. The largest absolute Gasteiger partial charge is 0.467 e. The summed E-state index contributed by atoms with van der Waals surface area (Å²) >= 11 is 6.23. The van der Waals surface area contributed by atoms with Crippen molar-refractivity contribution in [3.8, 4) is 17.3 Å². The van der Waals surface area contributed by atoms with Gasteiger partial charge in [-0.25, -0.2) is 9.37 Å². The Hall–Kier alpha value is -5.34. The highest BCUT2D eigenvalue weighted by molar-refractivity contribution is 6.33. The van der Waals surface area contributed by atoms with E-state index in [0.717, 1.165) is 0 Å². The van der Waals surface area contributed by atoms with E-state index in [-0.39, 0.29) is 56.2 Å². The lowest BCUT2D eigenvalue weighted by Crippen LogP contribution is -2.30. The number of hydrogen-bond acceptors (Lipinski definition) is 7. The third-order valence-electron chi connectivity index (χ3n) is 6.29. The maximum atomic E-state index is 14.7. The van der Waals surface area contributed by atoms with Crippen molar-refractivity contribution < 1.29 is 18.1 Å². The quantitative estimate of drug-likeness (QED) is 0.289. The SMILES string of the molecule is Cc1onc(-c2c(F)cccc2Cl)c1C(=O)N=c1c(C#N)cc2c(=O)n3ccccc3nc2n1Cc1ccco1. The Balaban J connectivity index is 1.66. The van der Waals surface area contributed by atoms with Crippen molar-refractivity contribution in [1.29, 1.82) is 5.26 Å². The van der Waals surface area contributed by atoms with E-state index >= 15 is 0 Å². The lowest BCUT2D eigenvalue weighted by atomic mass is 10.1. The van der Waals surface area contributed by atoms with E-state index in [4.69, 9.17) is 20.5 Å². The van der Waals surface area contributed by atoms with E-state index in [1.807, 2.05) is 6.07 Å². The molecule has 10 nitrogen and oxygen atoms in total. The Bertz CT molecular complexity index is 2120. The van der Waals surface area contributed by atoms with Gasteiger partial charge < -0.3 is 13.5 Å². The number of amides is 1. The highest BCUT2D eigenvalue weighted by atomic mass is 35.5. The van der Waals surface area contributed by atoms with Gasteiger partial charge in [-0.2, -0.15) is 10.3 Å². The highest BCUT2D eigenvalue weighted by Crippen LogP contribution is 2.33. The topological polar surface area (TPSA) is 132 Å². The first kappa shape index (κ1) is 25.0. The summed E-state index contributed by atoms with van der Waals surface area (Å²) in [6.07, 6.45) is 3.04. The molecule has 0 fully saturated rings. The Labute approximate surface area is 228 Å². The monoisotopic (exact) mass is 554 g/mol. The molecule has 0 atom stereocenters. The minimum Gasteiger partial charge on any atom is -0.467 e. The summed E-state index contributed by atoms with van der Waals surface area (Å²) in [5.74, 6) is -1.04. The van der Waals surface area contributed by atoms with Gasteiger partial charge in [-0.15, -0.1) is 0 Å². The van der Waals surface area contributed by atoms with Crippen molar-refractivity contribution in [3.63, 3.8) is 0 Å². The lowest BCUT2D eigenvalue weighted by molar-refractivity contribution is 0.0996. The average Bonchev–Trinajstić information content (AvgIpc) is 3.60. The van der Waals surface area contributed by atoms with Gasteiger partial charge in [0.05, 0.1) is 34.3 Å². The Kier molecular flexibility index (Phi) is 6.09. The van der Waals surface area contributed by atoms with E-state index in [2.05, 4.69) is 15.1 Å². The second kappa shape index (κ2) is 9.76. The van der Waals surface area contributed by atoms with Crippen LogP contribution in [0.5, 0.6) is 0 Å². The number of carbonyl (C=O) groups is 1. The molecule has 0 aliphatic heterocycles. The number of nitrogens with zero attached hydrogens (tertiary/aromatic N) is 6. The fourth-order valence-electron chi connectivity index (χ4n) is 4.46. The molecule has 0 aliphatic rings. The number of halogens is 2. The molecule has 0 saturated carbocycles. The molecule has 0 radical (unpaired) electrons. The van der Waals surface area contributed by atoms with Crippen LogP contribution in [0.2, 0.25) is 5.02 Å². The number of benzene rings is 1. The van der Waals surface area contributed by atoms with Crippen molar-refractivity contribution in [2.45, 2.75) is 13.5 Å². The first-order chi connectivity index (χ1) is 19.4. The van der Waals surface area contributed by atoms with Crippen molar-refractivity contribution >= 4 is 34.2 Å². The molecule has 0 unspecified atom stereocenters. The number of furan rings is 1. The fourth-order valence-corrected chi connectivity index (χ4v) is 4.71. The predicted octanol–water partition coefficient (Wildman–Crippen LogP) is 4.66. The molecule has 0 aliphatic carbocycles. The molecule has 1 aromatic carbocycles. The van der Waals surface area contributed by atoms with Gasteiger partial charge in [-0.05, 0) is 49.4 Å². The molecule has 0 bridgehead atoms. The van der Waals surface area contributed by atoms with Crippen LogP contribution in [0, 0.1) is 24.1 Å². The minimum atomic E-state index is -0.866. The number of hydrogen-bond donors (Lipinski definition) is 0. The zero-order chi connectivity index (χ0) is 28.0. The number of pyridine rings is 2. The molecule has 5 aromatic heterocycles. The molecule has 5 heterocycles. The van der Waals surface area contributed by atoms with Crippen LogP contribution in [0.15, 0.2) is 85.8 Å². The highest BCUT2D eigenvalue weighted by Gasteiger charge is 2.26. The molecular weight excluding hydrogens is 539 g/mol. The number of fused-ring (bicyclic) bond motifs is 2. The zero-order valence-electron chi connectivity index (χ0n) is 20.6. The van der Waals surface area contributed by atoms with Crippen LogP contribution >= 0.6 is 11.6 Å². The number of aromatic nitrogens is 4. The molecule has 12 heteroatoms. The van der Waals surface area contributed by atoms with Gasteiger partial charge in [-0.1, -0.05) is 28.9 Å². The van der Waals surface area contributed by atoms with Crippen LogP contribution in [0.4, 0.5) is 4.39 Å². The van der Waals surface area contributed by atoms with Crippen LogP contribution in [-0.4, -0.2) is 25.0 Å². The standard InChI is InChI=1S/C28H16ClFN6O4/c1-15-22(24(34-40-15)23-19(29)7-4-8-20(23)30)27(37)33-25-16(13-31)12-18-26(36(25)14-17-6-5-11-39-17)32-21-9-2-3-10-35(21)28(18)38/h2-12H,14H2,1H3. The first-order valence-corrected chi connectivity index (χ1v) is 12.2. The van der Waals surface area contributed by atoms with Gasteiger partial charge in [0.1, 0.15) is 46.0 Å². The van der Waals surface area contributed by atoms with Crippen molar-refractivity contribution in [2.24, 2.45) is 4.99 Å². The van der Waals surface area contributed by atoms with Crippen LogP contribution in [0.3, 0.4) is 0 Å². The molecule has 0 spiro atoms. The first-order valence-electron chi connectivity index (χ1n) is 11.8. The normalized spacial score (nSPS) is 11.8. The molecular formula is C28H16ClFN6O4. The summed E-state index contributed by atoms with van der Waals surface area (Å²) in [5.41, 5.74) is -0.422. The minimum absolute atomic E-state index is 0.00476. The molecule has 1 amide bonds. The van der Waals surface area contributed by atoms with Crippen LogP contribution in [-0.2, 0) is 6.54 Å². The molecule has 6 aromatic rings. The van der Waals surface area contributed by atoms with Gasteiger partial charge >= 0.3 is 0 Å². The van der Waals surface area contributed by atoms with Crippen LogP contribution < -0.4 is 11.0 Å². The second-order valence-electron chi connectivity index (χ2n) is 8.72. The summed E-state index contributed by atoms with van der Waals surface area (Å²) < 4.78 is 28.3. The molecule has 6 rings (SSSR count).